The number of rotatable bonds is 6. The molecular weight excluding hydrogens is 344 g/mol. The summed E-state index contributed by atoms with van der Waals surface area (Å²) in [6, 6.07) is 14.5. The predicted molar refractivity (Wildman–Crippen MR) is 91.6 cm³/mol. The second-order valence-corrected chi connectivity index (χ2v) is 5.51. The first-order valence-corrected chi connectivity index (χ1v) is 7.88. The number of carbonyl (C=O) groups is 1. The minimum atomic E-state index is -2.87. The van der Waals surface area contributed by atoms with E-state index in [-0.39, 0.29) is 17.9 Å². The highest BCUT2D eigenvalue weighted by Gasteiger charge is 2.13. The maximum Gasteiger partial charge on any atom is 0.387 e. The molecule has 1 heterocycles. The monoisotopic (exact) mass is 359 g/mol. The maximum absolute atomic E-state index is 12.2. The molecule has 1 N–H and O–H groups in total. The van der Waals surface area contributed by atoms with Gasteiger partial charge in [-0.25, -0.2) is 4.79 Å². The summed E-state index contributed by atoms with van der Waals surface area (Å²) in [5.41, 5.74) is 0.483. The fraction of sp³-hybridized carbons (Fsp3) is 0.158. The quantitative estimate of drug-likeness (QED) is 0.685. The molecule has 7 heteroatoms. The first-order valence-electron chi connectivity index (χ1n) is 7.88. The highest BCUT2D eigenvalue weighted by molar-refractivity contribution is 5.96. The number of hydrogen-bond donors (Lipinski definition) is 1. The third kappa shape index (κ3) is 4.24. The van der Waals surface area contributed by atoms with Crippen LogP contribution in [0.5, 0.6) is 5.75 Å². The van der Waals surface area contributed by atoms with Crippen LogP contribution < -0.4 is 15.7 Å². The largest absolute Gasteiger partial charge is 0.435 e. The van der Waals surface area contributed by atoms with Crippen LogP contribution in [-0.4, -0.2) is 19.1 Å². The van der Waals surface area contributed by atoms with Gasteiger partial charge >= 0.3 is 12.2 Å². The van der Waals surface area contributed by atoms with E-state index in [9.17, 15) is 18.4 Å². The molecule has 3 rings (SSSR count). The van der Waals surface area contributed by atoms with Gasteiger partial charge in [0.2, 0.25) is 0 Å². The fourth-order valence-corrected chi connectivity index (χ4v) is 2.47. The Bertz CT molecular complexity index is 967. The number of amides is 1. The Morgan fingerprint density at radius 2 is 1.85 bits per heavy atom. The molecule has 3 aromatic rings. The van der Waals surface area contributed by atoms with Crippen molar-refractivity contribution in [2.24, 2.45) is 0 Å². The summed E-state index contributed by atoms with van der Waals surface area (Å²) >= 11 is 0. The number of carbonyl (C=O) groups excluding carboxylic acids is 1. The zero-order valence-corrected chi connectivity index (χ0v) is 13.6. The standard InChI is InChI=1S/C19H15F2NO4/c20-19(21)25-14-7-5-12(6-8-14)9-10-22-17(23)15-11-13-3-1-2-4-16(13)26-18(15)24/h1-8,11,19H,9-10H2,(H,22,23). The summed E-state index contributed by atoms with van der Waals surface area (Å²) < 4.78 is 33.6. The minimum absolute atomic E-state index is 0.0654. The topological polar surface area (TPSA) is 68.5 Å². The summed E-state index contributed by atoms with van der Waals surface area (Å²) in [7, 11) is 0. The average Bonchev–Trinajstić information content (AvgIpc) is 2.62. The van der Waals surface area contributed by atoms with Gasteiger partial charge < -0.3 is 14.5 Å². The molecule has 0 fully saturated rings. The number of hydrogen-bond acceptors (Lipinski definition) is 4. The number of para-hydroxylation sites is 1. The van der Waals surface area contributed by atoms with Crippen LogP contribution in [0, 0.1) is 0 Å². The third-order valence-electron chi connectivity index (χ3n) is 3.73. The molecule has 0 radical (unpaired) electrons. The van der Waals surface area contributed by atoms with E-state index in [0.29, 0.717) is 17.4 Å². The van der Waals surface area contributed by atoms with E-state index >= 15 is 0 Å². The van der Waals surface area contributed by atoms with Gasteiger partial charge in [-0.3, -0.25) is 4.79 Å². The second kappa shape index (κ2) is 7.77. The molecule has 0 atom stereocenters. The Kier molecular flexibility index (Phi) is 5.26. The Morgan fingerprint density at radius 3 is 2.58 bits per heavy atom. The van der Waals surface area contributed by atoms with E-state index in [1.165, 1.54) is 18.2 Å². The first kappa shape index (κ1) is 17.6. The number of nitrogens with one attached hydrogen (secondary N) is 1. The molecule has 0 saturated carbocycles. The van der Waals surface area contributed by atoms with Gasteiger partial charge in [-0.05, 0) is 36.2 Å². The lowest BCUT2D eigenvalue weighted by Crippen LogP contribution is -2.29. The zero-order valence-electron chi connectivity index (χ0n) is 13.6. The summed E-state index contributed by atoms with van der Waals surface area (Å²) in [6.07, 6.45) is 0.472. The van der Waals surface area contributed by atoms with Crippen molar-refractivity contribution >= 4 is 16.9 Å². The van der Waals surface area contributed by atoms with Gasteiger partial charge in [-0.1, -0.05) is 30.3 Å². The van der Waals surface area contributed by atoms with Crippen LogP contribution >= 0.6 is 0 Å². The molecule has 0 aliphatic heterocycles. The summed E-state index contributed by atoms with van der Waals surface area (Å²) in [4.78, 5) is 24.1. The van der Waals surface area contributed by atoms with Crippen molar-refractivity contribution in [3.63, 3.8) is 0 Å². The number of alkyl halides is 2. The summed E-state index contributed by atoms with van der Waals surface area (Å²) in [5, 5.41) is 3.31. The average molecular weight is 359 g/mol. The van der Waals surface area contributed by atoms with Crippen LogP contribution in [0.2, 0.25) is 0 Å². The van der Waals surface area contributed by atoms with E-state index in [4.69, 9.17) is 4.42 Å². The van der Waals surface area contributed by atoms with Gasteiger partial charge in [0, 0.05) is 11.9 Å². The van der Waals surface area contributed by atoms with E-state index < -0.39 is 18.1 Å². The van der Waals surface area contributed by atoms with Crippen LogP contribution in [0.3, 0.4) is 0 Å². The lowest BCUT2D eigenvalue weighted by Gasteiger charge is -2.07. The van der Waals surface area contributed by atoms with Gasteiger partial charge in [0.15, 0.2) is 0 Å². The van der Waals surface area contributed by atoms with Gasteiger partial charge in [-0.2, -0.15) is 8.78 Å². The van der Waals surface area contributed by atoms with Crippen molar-refractivity contribution in [3.8, 4) is 5.75 Å². The molecule has 0 aliphatic rings. The molecule has 0 spiro atoms. The Balaban J connectivity index is 1.60. The molecule has 0 aliphatic carbocycles. The smallest absolute Gasteiger partial charge is 0.387 e. The molecule has 0 bridgehead atoms. The van der Waals surface area contributed by atoms with Crippen LogP contribution in [0.25, 0.3) is 11.0 Å². The molecule has 26 heavy (non-hydrogen) atoms. The zero-order chi connectivity index (χ0) is 18.5. The van der Waals surface area contributed by atoms with Gasteiger partial charge in [0.1, 0.15) is 16.9 Å². The molecule has 1 amide bonds. The van der Waals surface area contributed by atoms with Crippen LogP contribution in [-0.2, 0) is 6.42 Å². The molecule has 134 valence electrons. The number of fused-ring (bicyclic) bond motifs is 1. The van der Waals surface area contributed by atoms with Crippen molar-refractivity contribution in [3.05, 3.63) is 76.1 Å². The maximum atomic E-state index is 12.2. The Hall–Kier alpha value is -3.22. The lowest BCUT2D eigenvalue weighted by atomic mass is 10.1. The Labute approximate surface area is 147 Å². The van der Waals surface area contributed by atoms with Gasteiger partial charge in [-0.15, -0.1) is 0 Å². The molecular formula is C19H15F2NO4. The van der Waals surface area contributed by atoms with E-state index in [1.54, 1.807) is 36.4 Å². The van der Waals surface area contributed by atoms with Crippen molar-refractivity contribution in [2.45, 2.75) is 13.0 Å². The normalized spacial score (nSPS) is 10.9. The van der Waals surface area contributed by atoms with Gasteiger partial charge in [0.25, 0.3) is 5.91 Å². The van der Waals surface area contributed by atoms with Crippen molar-refractivity contribution < 1.29 is 22.7 Å². The molecule has 2 aromatic carbocycles. The van der Waals surface area contributed by atoms with Crippen LogP contribution in [0.15, 0.2) is 63.8 Å². The fourth-order valence-electron chi connectivity index (χ4n) is 2.47. The second-order valence-electron chi connectivity index (χ2n) is 5.51. The summed E-state index contributed by atoms with van der Waals surface area (Å²) in [5.74, 6) is -0.455. The molecule has 5 nitrogen and oxygen atoms in total. The predicted octanol–water partition coefficient (Wildman–Crippen LogP) is 3.37. The number of halogens is 2. The summed E-state index contributed by atoms with van der Waals surface area (Å²) in [6.45, 7) is -2.59. The highest BCUT2D eigenvalue weighted by Crippen LogP contribution is 2.15. The van der Waals surface area contributed by atoms with Crippen molar-refractivity contribution in [1.29, 1.82) is 0 Å². The van der Waals surface area contributed by atoms with Gasteiger partial charge in [0.05, 0.1) is 0 Å². The van der Waals surface area contributed by atoms with Crippen molar-refractivity contribution in [2.75, 3.05) is 6.54 Å². The van der Waals surface area contributed by atoms with E-state index in [0.717, 1.165) is 5.56 Å². The third-order valence-corrected chi connectivity index (χ3v) is 3.73. The van der Waals surface area contributed by atoms with E-state index in [2.05, 4.69) is 10.1 Å². The molecule has 1 aromatic heterocycles. The number of ether oxygens (including phenoxy) is 1. The van der Waals surface area contributed by atoms with Crippen LogP contribution in [0.1, 0.15) is 15.9 Å². The number of benzene rings is 2. The van der Waals surface area contributed by atoms with Crippen LogP contribution in [0.4, 0.5) is 8.78 Å². The SMILES string of the molecule is O=C(NCCc1ccc(OC(F)F)cc1)c1cc2ccccc2oc1=O. The minimum Gasteiger partial charge on any atom is -0.435 e. The van der Waals surface area contributed by atoms with Crippen molar-refractivity contribution in [1.82, 2.24) is 5.32 Å². The first-order chi connectivity index (χ1) is 12.5. The Morgan fingerprint density at radius 1 is 1.12 bits per heavy atom. The highest BCUT2D eigenvalue weighted by atomic mass is 19.3. The van der Waals surface area contributed by atoms with E-state index in [1.807, 2.05) is 0 Å². The lowest BCUT2D eigenvalue weighted by molar-refractivity contribution is -0.0498. The molecule has 0 saturated heterocycles. The molecule has 0 unspecified atom stereocenters.